The van der Waals surface area contributed by atoms with Gasteiger partial charge in [0.25, 0.3) is 0 Å². The number of aryl methyl sites for hydroxylation is 5. The Hall–Kier alpha value is -5.35. The SMILES string of the molecule is Cc1ccc2ccc3c4cccc(-c5cc(-c6cc7ccc(-c8c(C)cccc8C)nc7cc6C)c(C)cn5)c4oc3c2n1. The number of hydrogen-bond acceptors (Lipinski definition) is 4. The first-order valence-corrected chi connectivity index (χ1v) is 15.0. The van der Waals surface area contributed by atoms with Crippen molar-refractivity contribution in [2.45, 2.75) is 34.6 Å². The van der Waals surface area contributed by atoms with Crippen molar-refractivity contribution in [3.05, 3.63) is 125 Å². The van der Waals surface area contributed by atoms with Crippen LogP contribution in [0, 0.1) is 34.6 Å². The van der Waals surface area contributed by atoms with Gasteiger partial charge in [0.1, 0.15) is 11.1 Å². The summed E-state index contributed by atoms with van der Waals surface area (Å²) >= 11 is 0. The smallest absolute Gasteiger partial charge is 0.161 e. The number of hydrogen-bond donors (Lipinski definition) is 0. The second kappa shape index (κ2) is 9.85. The van der Waals surface area contributed by atoms with E-state index < -0.39 is 0 Å². The first-order valence-electron chi connectivity index (χ1n) is 15.0. The van der Waals surface area contributed by atoms with Gasteiger partial charge in [-0.15, -0.1) is 0 Å². The van der Waals surface area contributed by atoms with E-state index in [1.807, 2.05) is 19.2 Å². The molecule has 0 unspecified atom stereocenters. The molecule has 4 heteroatoms. The summed E-state index contributed by atoms with van der Waals surface area (Å²) in [7, 11) is 0. The number of benzene rings is 4. The molecule has 0 radical (unpaired) electrons. The van der Waals surface area contributed by atoms with Crippen LogP contribution in [0.15, 0.2) is 102 Å². The molecular formula is C40H31N3O. The number of fused-ring (bicyclic) bond motifs is 6. The van der Waals surface area contributed by atoms with Gasteiger partial charge in [-0.2, -0.15) is 0 Å². The van der Waals surface area contributed by atoms with Gasteiger partial charge < -0.3 is 4.42 Å². The maximum Gasteiger partial charge on any atom is 0.161 e. The fourth-order valence-electron chi connectivity index (χ4n) is 6.62. The maximum absolute atomic E-state index is 6.62. The van der Waals surface area contributed by atoms with Crippen molar-refractivity contribution in [1.82, 2.24) is 15.0 Å². The molecule has 8 aromatic rings. The molecule has 0 aliphatic rings. The molecular weight excluding hydrogens is 538 g/mol. The van der Waals surface area contributed by atoms with Gasteiger partial charge in [-0.25, -0.2) is 9.97 Å². The Morgan fingerprint density at radius 3 is 2.09 bits per heavy atom. The van der Waals surface area contributed by atoms with Gasteiger partial charge in [0.15, 0.2) is 5.58 Å². The molecule has 212 valence electrons. The molecule has 4 nitrogen and oxygen atoms in total. The third-order valence-corrected chi connectivity index (χ3v) is 8.91. The van der Waals surface area contributed by atoms with E-state index in [1.54, 1.807) is 0 Å². The Kier molecular flexibility index (Phi) is 5.89. The molecule has 4 heterocycles. The molecule has 0 saturated carbocycles. The standard InChI is InChI=1S/C40H31N3O/c1-22-8-6-9-23(2)37(22)34-17-15-28-19-32(24(3)18-35(28)43-34)33-20-36(41-21-25(33)4)31-11-7-10-29-30-16-14-27-13-12-26(5)42-38(27)40(30)44-39(29)31/h6-21H,1-5H3. The minimum atomic E-state index is 0.819. The fourth-order valence-corrected chi connectivity index (χ4v) is 6.62. The third-order valence-electron chi connectivity index (χ3n) is 8.91. The van der Waals surface area contributed by atoms with Crippen LogP contribution in [0.3, 0.4) is 0 Å². The van der Waals surface area contributed by atoms with E-state index in [9.17, 15) is 0 Å². The first kappa shape index (κ1) is 26.3. The summed E-state index contributed by atoms with van der Waals surface area (Å²) in [6, 6.07) is 32.1. The van der Waals surface area contributed by atoms with Crippen molar-refractivity contribution in [1.29, 1.82) is 0 Å². The molecule has 4 aromatic carbocycles. The Morgan fingerprint density at radius 1 is 0.523 bits per heavy atom. The number of aromatic nitrogens is 3. The van der Waals surface area contributed by atoms with Crippen molar-refractivity contribution in [3.63, 3.8) is 0 Å². The second-order valence-electron chi connectivity index (χ2n) is 12.0. The summed E-state index contributed by atoms with van der Waals surface area (Å²) in [6.45, 7) is 10.6. The lowest BCUT2D eigenvalue weighted by Crippen LogP contribution is -1.95. The van der Waals surface area contributed by atoms with Crippen LogP contribution in [0.4, 0.5) is 0 Å². The van der Waals surface area contributed by atoms with Gasteiger partial charge in [0, 0.05) is 44.6 Å². The van der Waals surface area contributed by atoms with Gasteiger partial charge in [-0.1, -0.05) is 48.5 Å². The zero-order valence-electron chi connectivity index (χ0n) is 25.5. The van der Waals surface area contributed by atoms with Crippen molar-refractivity contribution >= 4 is 43.7 Å². The second-order valence-corrected chi connectivity index (χ2v) is 12.0. The molecule has 0 amide bonds. The third kappa shape index (κ3) is 4.10. The summed E-state index contributed by atoms with van der Waals surface area (Å²) in [5.41, 5.74) is 15.7. The number of para-hydroxylation sites is 1. The first-order chi connectivity index (χ1) is 21.4. The van der Waals surface area contributed by atoms with Crippen molar-refractivity contribution in [2.75, 3.05) is 0 Å². The topological polar surface area (TPSA) is 51.8 Å². The predicted octanol–water partition coefficient (Wildman–Crippen LogP) is 10.6. The Labute approximate surface area is 256 Å². The predicted molar refractivity (Wildman–Crippen MR) is 182 cm³/mol. The van der Waals surface area contributed by atoms with E-state index in [0.29, 0.717) is 0 Å². The molecule has 0 aliphatic heterocycles. The minimum Gasteiger partial charge on any atom is -0.453 e. The zero-order chi connectivity index (χ0) is 30.1. The van der Waals surface area contributed by atoms with Crippen LogP contribution < -0.4 is 0 Å². The van der Waals surface area contributed by atoms with Gasteiger partial charge in [-0.05, 0) is 110 Å². The van der Waals surface area contributed by atoms with Crippen LogP contribution in [0.1, 0.15) is 27.9 Å². The average Bonchev–Trinajstić information content (AvgIpc) is 3.41. The minimum absolute atomic E-state index is 0.819. The van der Waals surface area contributed by atoms with Crippen LogP contribution in [0.5, 0.6) is 0 Å². The van der Waals surface area contributed by atoms with Gasteiger partial charge in [0.2, 0.25) is 0 Å². The number of furan rings is 1. The summed E-state index contributed by atoms with van der Waals surface area (Å²) in [5, 5.41) is 4.33. The Balaban J connectivity index is 1.27. The highest BCUT2D eigenvalue weighted by Gasteiger charge is 2.18. The zero-order valence-corrected chi connectivity index (χ0v) is 25.5. The van der Waals surface area contributed by atoms with Crippen LogP contribution in [0.25, 0.3) is 77.4 Å². The monoisotopic (exact) mass is 569 g/mol. The lowest BCUT2D eigenvalue weighted by atomic mass is 9.93. The molecule has 0 aliphatic carbocycles. The molecule has 8 rings (SSSR count). The molecule has 0 bridgehead atoms. The lowest BCUT2D eigenvalue weighted by molar-refractivity contribution is 0.672. The highest BCUT2D eigenvalue weighted by atomic mass is 16.3. The quantitative estimate of drug-likeness (QED) is 0.212. The summed E-state index contributed by atoms with van der Waals surface area (Å²) in [5.74, 6) is 0. The Bertz CT molecular complexity index is 2430. The van der Waals surface area contributed by atoms with E-state index in [1.165, 1.54) is 27.8 Å². The van der Waals surface area contributed by atoms with Crippen molar-refractivity contribution < 1.29 is 4.42 Å². The molecule has 0 spiro atoms. The summed E-state index contributed by atoms with van der Waals surface area (Å²) in [6.07, 6.45) is 1.97. The van der Waals surface area contributed by atoms with Gasteiger partial charge in [-0.3, -0.25) is 4.98 Å². The highest BCUT2D eigenvalue weighted by Crippen LogP contribution is 2.40. The maximum atomic E-state index is 6.62. The number of rotatable bonds is 3. The van der Waals surface area contributed by atoms with Crippen LogP contribution >= 0.6 is 0 Å². The molecule has 44 heavy (non-hydrogen) atoms. The van der Waals surface area contributed by atoms with E-state index >= 15 is 0 Å². The largest absolute Gasteiger partial charge is 0.453 e. The van der Waals surface area contributed by atoms with E-state index in [2.05, 4.69) is 113 Å². The highest BCUT2D eigenvalue weighted by molar-refractivity contribution is 6.16. The lowest BCUT2D eigenvalue weighted by Gasteiger charge is -2.14. The normalized spacial score (nSPS) is 11.8. The molecule has 0 saturated heterocycles. The van der Waals surface area contributed by atoms with Crippen molar-refractivity contribution in [2.24, 2.45) is 0 Å². The van der Waals surface area contributed by atoms with Crippen LogP contribution in [-0.4, -0.2) is 15.0 Å². The Morgan fingerprint density at radius 2 is 1.25 bits per heavy atom. The number of nitrogens with zero attached hydrogens (tertiary/aromatic N) is 3. The summed E-state index contributed by atoms with van der Waals surface area (Å²) in [4.78, 5) is 14.8. The van der Waals surface area contributed by atoms with E-state index in [0.717, 1.165) is 77.5 Å². The molecule has 0 atom stereocenters. The van der Waals surface area contributed by atoms with Crippen molar-refractivity contribution in [3.8, 4) is 33.6 Å². The van der Waals surface area contributed by atoms with Gasteiger partial charge in [0.05, 0.1) is 16.9 Å². The molecule has 0 N–H and O–H groups in total. The molecule has 0 fully saturated rings. The fraction of sp³-hybridized carbons (Fsp3) is 0.125. The number of pyridine rings is 3. The van der Waals surface area contributed by atoms with E-state index in [-0.39, 0.29) is 0 Å². The summed E-state index contributed by atoms with van der Waals surface area (Å²) < 4.78 is 6.62. The van der Waals surface area contributed by atoms with Crippen LogP contribution in [0.2, 0.25) is 0 Å². The average molecular weight is 570 g/mol. The van der Waals surface area contributed by atoms with E-state index in [4.69, 9.17) is 19.4 Å². The van der Waals surface area contributed by atoms with Gasteiger partial charge >= 0.3 is 0 Å². The molecule has 4 aromatic heterocycles. The van der Waals surface area contributed by atoms with Crippen LogP contribution in [-0.2, 0) is 0 Å².